The number of hydrogen-bond acceptors (Lipinski definition) is 5. The highest BCUT2D eigenvalue weighted by Crippen LogP contribution is 2.12. The van der Waals surface area contributed by atoms with E-state index >= 15 is 0 Å². The number of esters is 2. The third-order valence-electron chi connectivity index (χ3n) is 2.68. The molecule has 0 fully saturated rings. The molecular formula is C16H18O5. The lowest BCUT2D eigenvalue weighted by Crippen LogP contribution is -2.08. The molecule has 5 nitrogen and oxygen atoms in total. The van der Waals surface area contributed by atoms with E-state index in [1.807, 2.05) is 0 Å². The molecule has 5 heteroatoms. The fraction of sp³-hybridized carbons (Fsp3) is 0.312. The molecule has 112 valence electrons. The van der Waals surface area contributed by atoms with E-state index in [4.69, 9.17) is 9.47 Å². The number of benzene rings is 1. The van der Waals surface area contributed by atoms with Crippen LogP contribution in [0.2, 0.25) is 0 Å². The lowest BCUT2D eigenvalue weighted by Gasteiger charge is -2.05. The fourth-order valence-electron chi connectivity index (χ4n) is 1.58. The molecule has 0 saturated heterocycles. The average molecular weight is 290 g/mol. The topological polar surface area (TPSA) is 69.7 Å². The lowest BCUT2D eigenvalue weighted by molar-refractivity contribution is -0.138. The summed E-state index contributed by atoms with van der Waals surface area (Å²) in [6.07, 6.45) is 4.27. The largest absolute Gasteiger partial charge is 0.463 e. The van der Waals surface area contributed by atoms with E-state index in [-0.39, 0.29) is 5.97 Å². The summed E-state index contributed by atoms with van der Waals surface area (Å²) in [5, 5.41) is 0. The van der Waals surface area contributed by atoms with Crippen molar-refractivity contribution in [2.24, 2.45) is 0 Å². The van der Waals surface area contributed by atoms with E-state index in [0.29, 0.717) is 37.2 Å². The van der Waals surface area contributed by atoms with E-state index in [1.165, 1.54) is 0 Å². The van der Waals surface area contributed by atoms with Crippen LogP contribution in [-0.4, -0.2) is 24.8 Å². The SMILES string of the molecule is C=CC(=O)OCCCCCC(=O)Oc1ccc(C=O)cc1. The second kappa shape index (κ2) is 9.47. The number of hydrogen-bond donors (Lipinski definition) is 0. The maximum atomic E-state index is 11.6. The first-order valence-electron chi connectivity index (χ1n) is 6.71. The van der Waals surface area contributed by atoms with Gasteiger partial charge < -0.3 is 9.47 Å². The number of rotatable bonds is 9. The van der Waals surface area contributed by atoms with Crippen LogP contribution in [0.1, 0.15) is 36.0 Å². The molecule has 0 aliphatic rings. The molecule has 0 spiro atoms. The Hall–Kier alpha value is -2.43. The quantitative estimate of drug-likeness (QED) is 0.230. The predicted molar refractivity (Wildman–Crippen MR) is 77.1 cm³/mol. The molecule has 21 heavy (non-hydrogen) atoms. The van der Waals surface area contributed by atoms with Crippen LogP contribution in [0.3, 0.4) is 0 Å². The number of ether oxygens (including phenoxy) is 2. The van der Waals surface area contributed by atoms with Crippen molar-refractivity contribution >= 4 is 18.2 Å². The Balaban J connectivity index is 2.14. The molecule has 1 rings (SSSR count). The van der Waals surface area contributed by atoms with Gasteiger partial charge in [0.05, 0.1) is 6.61 Å². The van der Waals surface area contributed by atoms with Crippen molar-refractivity contribution in [2.75, 3.05) is 6.61 Å². The molecule has 0 N–H and O–H groups in total. The van der Waals surface area contributed by atoms with Gasteiger partial charge in [0.15, 0.2) is 0 Å². The van der Waals surface area contributed by atoms with Crippen molar-refractivity contribution in [1.82, 2.24) is 0 Å². The molecule has 0 radical (unpaired) electrons. The lowest BCUT2D eigenvalue weighted by atomic mass is 10.2. The summed E-state index contributed by atoms with van der Waals surface area (Å²) >= 11 is 0. The monoisotopic (exact) mass is 290 g/mol. The van der Waals surface area contributed by atoms with Crippen LogP contribution in [0.4, 0.5) is 0 Å². The van der Waals surface area contributed by atoms with Gasteiger partial charge in [-0.1, -0.05) is 6.58 Å². The van der Waals surface area contributed by atoms with Gasteiger partial charge in [-0.25, -0.2) is 4.79 Å². The number of aldehydes is 1. The highest BCUT2D eigenvalue weighted by atomic mass is 16.5. The highest BCUT2D eigenvalue weighted by molar-refractivity contribution is 5.81. The van der Waals surface area contributed by atoms with Gasteiger partial charge in [-0.15, -0.1) is 0 Å². The molecule has 0 aromatic heterocycles. The van der Waals surface area contributed by atoms with E-state index < -0.39 is 5.97 Å². The molecular weight excluding hydrogens is 272 g/mol. The minimum atomic E-state index is -0.437. The molecule has 0 aliphatic carbocycles. The third kappa shape index (κ3) is 7.06. The summed E-state index contributed by atoms with van der Waals surface area (Å²) in [5.41, 5.74) is 0.531. The van der Waals surface area contributed by atoms with Gasteiger partial charge >= 0.3 is 11.9 Å². The van der Waals surface area contributed by atoms with Crippen LogP contribution in [0.5, 0.6) is 5.75 Å². The van der Waals surface area contributed by atoms with Crippen LogP contribution in [-0.2, 0) is 14.3 Å². The van der Waals surface area contributed by atoms with Crippen LogP contribution < -0.4 is 4.74 Å². The average Bonchev–Trinajstić information content (AvgIpc) is 2.51. The molecule has 0 saturated carbocycles. The number of unbranched alkanes of at least 4 members (excludes halogenated alkanes) is 2. The smallest absolute Gasteiger partial charge is 0.330 e. The van der Waals surface area contributed by atoms with E-state index in [9.17, 15) is 14.4 Å². The first-order chi connectivity index (χ1) is 10.2. The summed E-state index contributed by atoms with van der Waals surface area (Å²) in [7, 11) is 0. The Kier molecular flexibility index (Phi) is 7.50. The first kappa shape index (κ1) is 16.6. The van der Waals surface area contributed by atoms with Crippen molar-refractivity contribution < 1.29 is 23.9 Å². The third-order valence-corrected chi connectivity index (χ3v) is 2.68. The fourth-order valence-corrected chi connectivity index (χ4v) is 1.58. The van der Waals surface area contributed by atoms with Crippen molar-refractivity contribution in [3.63, 3.8) is 0 Å². The molecule has 0 unspecified atom stereocenters. The van der Waals surface area contributed by atoms with Crippen LogP contribution in [0, 0.1) is 0 Å². The Morgan fingerprint density at radius 3 is 2.43 bits per heavy atom. The Bertz CT molecular complexity index is 490. The van der Waals surface area contributed by atoms with Gasteiger partial charge in [0.1, 0.15) is 12.0 Å². The van der Waals surface area contributed by atoms with Gasteiger partial charge in [0.25, 0.3) is 0 Å². The maximum Gasteiger partial charge on any atom is 0.330 e. The standard InChI is InChI=1S/C16H18O5/c1-2-15(18)20-11-5-3-4-6-16(19)21-14-9-7-13(12-17)8-10-14/h2,7-10,12H,1,3-6,11H2. The second-order valence-corrected chi connectivity index (χ2v) is 4.34. The zero-order valence-corrected chi connectivity index (χ0v) is 11.7. The van der Waals surface area contributed by atoms with Gasteiger partial charge in [-0.3, -0.25) is 9.59 Å². The minimum Gasteiger partial charge on any atom is -0.463 e. The van der Waals surface area contributed by atoms with Gasteiger partial charge in [-0.05, 0) is 43.5 Å². The minimum absolute atomic E-state index is 0.296. The molecule has 0 amide bonds. The number of carbonyl (C=O) groups excluding carboxylic acids is 3. The molecule has 1 aromatic carbocycles. The maximum absolute atomic E-state index is 11.6. The van der Waals surface area contributed by atoms with Gasteiger partial charge in [0, 0.05) is 18.1 Å². The Labute approximate surface area is 123 Å². The van der Waals surface area contributed by atoms with E-state index in [2.05, 4.69) is 6.58 Å². The van der Waals surface area contributed by atoms with Gasteiger partial charge in [0.2, 0.25) is 0 Å². The van der Waals surface area contributed by atoms with Crippen molar-refractivity contribution in [3.8, 4) is 5.75 Å². The predicted octanol–water partition coefficient (Wildman–Crippen LogP) is 2.69. The van der Waals surface area contributed by atoms with Crippen molar-refractivity contribution in [2.45, 2.75) is 25.7 Å². The first-order valence-corrected chi connectivity index (χ1v) is 6.71. The van der Waals surface area contributed by atoms with E-state index in [0.717, 1.165) is 18.8 Å². The summed E-state index contributed by atoms with van der Waals surface area (Å²) in [4.78, 5) is 32.8. The molecule has 0 heterocycles. The molecule has 0 bridgehead atoms. The Morgan fingerprint density at radius 1 is 1.10 bits per heavy atom. The number of carbonyl (C=O) groups is 3. The molecule has 1 aromatic rings. The molecule has 0 atom stereocenters. The Morgan fingerprint density at radius 2 is 1.81 bits per heavy atom. The van der Waals surface area contributed by atoms with Crippen molar-refractivity contribution in [3.05, 3.63) is 42.5 Å². The van der Waals surface area contributed by atoms with Crippen LogP contribution in [0.15, 0.2) is 36.9 Å². The van der Waals surface area contributed by atoms with Gasteiger partial charge in [-0.2, -0.15) is 0 Å². The zero-order chi connectivity index (χ0) is 15.5. The summed E-state index contributed by atoms with van der Waals surface area (Å²) in [5.74, 6) is -0.337. The molecule has 0 aliphatic heterocycles. The second-order valence-electron chi connectivity index (χ2n) is 4.34. The highest BCUT2D eigenvalue weighted by Gasteiger charge is 2.05. The van der Waals surface area contributed by atoms with Crippen LogP contribution >= 0.6 is 0 Å². The summed E-state index contributed by atoms with van der Waals surface area (Å²) in [6, 6.07) is 6.33. The van der Waals surface area contributed by atoms with Crippen LogP contribution in [0.25, 0.3) is 0 Å². The summed E-state index contributed by atoms with van der Waals surface area (Å²) < 4.78 is 9.94. The van der Waals surface area contributed by atoms with Crippen molar-refractivity contribution in [1.29, 1.82) is 0 Å². The normalized spacial score (nSPS) is 9.71. The van der Waals surface area contributed by atoms with E-state index in [1.54, 1.807) is 24.3 Å². The summed E-state index contributed by atoms with van der Waals surface area (Å²) in [6.45, 7) is 3.62. The zero-order valence-electron chi connectivity index (χ0n) is 11.7.